The minimum absolute atomic E-state index is 0.377. The third-order valence-electron chi connectivity index (χ3n) is 5.96. The lowest BCUT2D eigenvalue weighted by Gasteiger charge is -2.32. The van der Waals surface area contributed by atoms with E-state index in [1.807, 2.05) is 30.3 Å². The van der Waals surface area contributed by atoms with Crippen molar-refractivity contribution >= 4 is 34.8 Å². The standard InChI is InChI=1S/C24H18ClFN2O3/c1-24-20(15-7-11-17(26)12-8-15)28(19-5-3-2-4-6-19)31-21(24)22(29)27(23(24)30)18-13-9-16(25)10-14-18/h2-14,20-21H,1H3. The van der Waals surface area contributed by atoms with Crippen LogP contribution in [0.4, 0.5) is 15.8 Å². The van der Waals surface area contributed by atoms with Crippen molar-refractivity contribution in [2.45, 2.75) is 19.1 Å². The third-order valence-corrected chi connectivity index (χ3v) is 6.21. The Balaban J connectivity index is 1.63. The fraction of sp³-hybridized carbons (Fsp3) is 0.167. The molecule has 3 aromatic rings. The first-order chi connectivity index (χ1) is 14.9. The van der Waals surface area contributed by atoms with E-state index in [9.17, 15) is 14.0 Å². The molecule has 0 N–H and O–H groups in total. The molecule has 2 aliphatic rings. The smallest absolute Gasteiger partial charge is 0.266 e. The van der Waals surface area contributed by atoms with Gasteiger partial charge in [-0.2, -0.15) is 0 Å². The highest BCUT2D eigenvalue weighted by Crippen LogP contribution is 2.55. The summed E-state index contributed by atoms with van der Waals surface area (Å²) in [5, 5.41) is 2.09. The largest absolute Gasteiger partial charge is 0.273 e. The third kappa shape index (κ3) is 2.94. The number of hydrogen-bond donors (Lipinski definition) is 0. The molecule has 5 rings (SSSR count). The highest BCUT2D eigenvalue weighted by atomic mass is 35.5. The number of fused-ring (bicyclic) bond motifs is 1. The molecule has 0 saturated carbocycles. The minimum atomic E-state index is -1.22. The predicted octanol–water partition coefficient (Wildman–Crippen LogP) is 4.92. The van der Waals surface area contributed by atoms with Crippen LogP contribution in [0.1, 0.15) is 18.5 Å². The van der Waals surface area contributed by atoms with Gasteiger partial charge in [0.2, 0.25) is 5.91 Å². The molecule has 2 aliphatic heterocycles. The number of rotatable bonds is 3. The van der Waals surface area contributed by atoms with E-state index < -0.39 is 23.5 Å². The van der Waals surface area contributed by atoms with Gasteiger partial charge in [0.15, 0.2) is 6.10 Å². The van der Waals surface area contributed by atoms with Gasteiger partial charge in [0.05, 0.1) is 17.4 Å². The first-order valence-corrected chi connectivity index (χ1v) is 10.2. The van der Waals surface area contributed by atoms with E-state index in [1.54, 1.807) is 48.4 Å². The second-order valence-corrected chi connectivity index (χ2v) is 8.28. The lowest BCUT2D eigenvalue weighted by molar-refractivity contribution is -0.128. The van der Waals surface area contributed by atoms with Crippen LogP contribution in [0.25, 0.3) is 0 Å². The molecule has 0 aromatic heterocycles. The molecule has 31 heavy (non-hydrogen) atoms. The fourth-order valence-corrected chi connectivity index (χ4v) is 4.53. The Labute approximate surface area is 183 Å². The SMILES string of the molecule is CC12C(=O)N(c3ccc(Cl)cc3)C(=O)C1ON(c1ccccc1)C2c1ccc(F)cc1. The number of para-hydroxylation sites is 1. The predicted molar refractivity (Wildman–Crippen MR) is 115 cm³/mol. The van der Waals surface area contributed by atoms with Crippen molar-refractivity contribution in [2.75, 3.05) is 9.96 Å². The van der Waals surface area contributed by atoms with E-state index in [0.717, 1.165) is 4.90 Å². The number of hydroxylamine groups is 1. The highest BCUT2D eigenvalue weighted by Gasteiger charge is 2.68. The van der Waals surface area contributed by atoms with Crippen molar-refractivity contribution in [1.29, 1.82) is 0 Å². The number of benzene rings is 3. The maximum absolute atomic E-state index is 13.7. The van der Waals surface area contributed by atoms with Gasteiger partial charge in [-0.25, -0.2) is 14.4 Å². The fourth-order valence-electron chi connectivity index (χ4n) is 4.41. The molecule has 7 heteroatoms. The molecular formula is C24H18ClFN2O3. The van der Waals surface area contributed by atoms with E-state index in [-0.39, 0.29) is 11.7 Å². The summed E-state index contributed by atoms with van der Waals surface area (Å²) in [5.41, 5.74) is 0.591. The average molecular weight is 437 g/mol. The van der Waals surface area contributed by atoms with Crippen molar-refractivity contribution < 1.29 is 18.8 Å². The van der Waals surface area contributed by atoms with E-state index in [4.69, 9.17) is 16.4 Å². The molecule has 2 saturated heterocycles. The van der Waals surface area contributed by atoms with Gasteiger partial charge in [0.25, 0.3) is 5.91 Å². The van der Waals surface area contributed by atoms with E-state index >= 15 is 0 Å². The first-order valence-electron chi connectivity index (χ1n) is 9.82. The Bertz CT molecular complexity index is 1150. The molecule has 3 atom stereocenters. The molecule has 2 heterocycles. The summed E-state index contributed by atoms with van der Waals surface area (Å²) in [4.78, 5) is 34.4. The van der Waals surface area contributed by atoms with E-state index in [1.165, 1.54) is 12.1 Å². The summed E-state index contributed by atoms with van der Waals surface area (Å²) in [5.74, 6) is -1.20. The van der Waals surface area contributed by atoms with Crippen LogP contribution in [-0.4, -0.2) is 17.9 Å². The Morgan fingerprint density at radius 1 is 0.903 bits per heavy atom. The lowest BCUT2D eigenvalue weighted by atomic mass is 9.76. The summed E-state index contributed by atoms with van der Waals surface area (Å²) in [6.45, 7) is 1.73. The van der Waals surface area contributed by atoms with Crippen LogP contribution in [0.2, 0.25) is 5.02 Å². The molecule has 3 aromatic carbocycles. The van der Waals surface area contributed by atoms with Crippen molar-refractivity contribution in [1.82, 2.24) is 0 Å². The molecule has 0 radical (unpaired) electrons. The number of imide groups is 1. The quantitative estimate of drug-likeness (QED) is 0.547. The molecule has 3 unspecified atom stereocenters. The Morgan fingerprint density at radius 2 is 1.55 bits per heavy atom. The topological polar surface area (TPSA) is 49.9 Å². The number of amides is 2. The van der Waals surface area contributed by atoms with Crippen LogP contribution >= 0.6 is 11.6 Å². The van der Waals surface area contributed by atoms with Crippen LogP contribution < -0.4 is 9.96 Å². The molecule has 156 valence electrons. The number of halogens is 2. The van der Waals surface area contributed by atoms with Crippen LogP contribution in [0, 0.1) is 11.2 Å². The molecule has 0 bridgehead atoms. The number of nitrogens with zero attached hydrogens (tertiary/aromatic N) is 2. The molecule has 5 nitrogen and oxygen atoms in total. The van der Waals surface area contributed by atoms with Crippen LogP contribution in [-0.2, 0) is 14.4 Å². The number of anilines is 2. The second-order valence-electron chi connectivity index (χ2n) is 7.84. The first kappa shape index (κ1) is 19.7. The summed E-state index contributed by atoms with van der Waals surface area (Å²) in [6.07, 6.45) is -1.02. The van der Waals surface area contributed by atoms with Crippen LogP contribution in [0.5, 0.6) is 0 Å². The van der Waals surface area contributed by atoms with Crippen LogP contribution in [0.3, 0.4) is 0 Å². The highest BCUT2D eigenvalue weighted by molar-refractivity contribution is 6.31. The normalized spacial score (nSPS) is 25.3. The lowest BCUT2D eigenvalue weighted by Crippen LogP contribution is -2.41. The molecule has 2 amide bonds. The Hall–Kier alpha value is -3.22. The zero-order chi connectivity index (χ0) is 21.8. The summed E-state index contributed by atoms with van der Waals surface area (Å²) < 4.78 is 13.6. The van der Waals surface area contributed by atoms with Gasteiger partial charge in [-0.05, 0) is 61.0 Å². The molecule has 0 spiro atoms. The van der Waals surface area contributed by atoms with E-state index in [0.29, 0.717) is 22.0 Å². The van der Waals surface area contributed by atoms with Gasteiger partial charge < -0.3 is 0 Å². The zero-order valence-corrected chi connectivity index (χ0v) is 17.3. The summed E-state index contributed by atoms with van der Waals surface area (Å²) in [6, 6.07) is 21.1. The Kier molecular flexibility index (Phi) is 4.57. The average Bonchev–Trinajstić information content (AvgIpc) is 3.19. The monoisotopic (exact) mass is 436 g/mol. The van der Waals surface area contributed by atoms with Gasteiger partial charge in [0, 0.05) is 5.02 Å². The Morgan fingerprint density at radius 3 is 2.19 bits per heavy atom. The van der Waals surface area contributed by atoms with Crippen molar-refractivity contribution in [3.8, 4) is 0 Å². The molecule has 0 aliphatic carbocycles. The van der Waals surface area contributed by atoms with Gasteiger partial charge in [-0.1, -0.05) is 41.9 Å². The maximum Gasteiger partial charge on any atom is 0.266 e. The number of carbonyl (C=O) groups is 2. The number of hydrogen-bond acceptors (Lipinski definition) is 4. The van der Waals surface area contributed by atoms with Crippen molar-refractivity contribution in [3.63, 3.8) is 0 Å². The maximum atomic E-state index is 13.7. The van der Waals surface area contributed by atoms with Gasteiger partial charge in [-0.3, -0.25) is 14.4 Å². The van der Waals surface area contributed by atoms with Crippen molar-refractivity contribution in [2.24, 2.45) is 5.41 Å². The second kappa shape index (κ2) is 7.18. The van der Waals surface area contributed by atoms with E-state index in [2.05, 4.69) is 0 Å². The van der Waals surface area contributed by atoms with Gasteiger partial charge >= 0.3 is 0 Å². The summed E-state index contributed by atoms with van der Waals surface area (Å²) in [7, 11) is 0. The molecule has 2 fully saturated rings. The number of carbonyl (C=O) groups excluding carboxylic acids is 2. The van der Waals surface area contributed by atoms with Gasteiger partial charge in [0.1, 0.15) is 11.2 Å². The van der Waals surface area contributed by atoms with Crippen molar-refractivity contribution in [3.05, 3.63) is 95.3 Å². The van der Waals surface area contributed by atoms with Crippen LogP contribution in [0.15, 0.2) is 78.9 Å². The van der Waals surface area contributed by atoms with Gasteiger partial charge in [-0.15, -0.1) is 0 Å². The minimum Gasteiger partial charge on any atom is -0.273 e. The summed E-state index contributed by atoms with van der Waals surface area (Å²) >= 11 is 5.97. The molecular weight excluding hydrogens is 419 g/mol. The zero-order valence-electron chi connectivity index (χ0n) is 16.5.